The highest BCUT2D eigenvalue weighted by molar-refractivity contribution is 5.83. The van der Waals surface area contributed by atoms with Crippen LogP contribution in [-0.4, -0.2) is 17.4 Å². The van der Waals surface area contributed by atoms with Crippen molar-refractivity contribution in [2.75, 3.05) is 6.54 Å². The molecule has 0 spiro atoms. The molecule has 3 rings (SSSR count). The lowest BCUT2D eigenvalue weighted by atomic mass is 9.93. The van der Waals surface area contributed by atoms with Gasteiger partial charge in [0.25, 0.3) is 0 Å². The molecule has 138 valence electrons. The fourth-order valence-electron chi connectivity index (χ4n) is 2.93. The van der Waals surface area contributed by atoms with Crippen LogP contribution in [0.5, 0.6) is 0 Å². The van der Waals surface area contributed by atoms with E-state index >= 15 is 0 Å². The van der Waals surface area contributed by atoms with Gasteiger partial charge in [0.2, 0.25) is 5.91 Å². The van der Waals surface area contributed by atoms with Crippen LogP contribution in [-0.2, 0) is 17.6 Å². The van der Waals surface area contributed by atoms with Gasteiger partial charge in [-0.1, -0.05) is 36.4 Å². The van der Waals surface area contributed by atoms with Gasteiger partial charge in [0, 0.05) is 24.9 Å². The summed E-state index contributed by atoms with van der Waals surface area (Å²) in [5.41, 5.74) is 2.04. The van der Waals surface area contributed by atoms with E-state index in [0.29, 0.717) is 30.5 Å². The number of amides is 1. The minimum atomic E-state index is -0.499. The second-order valence-electron chi connectivity index (χ2n) is 6.26. The average molecular weight is 366 g/mol. The van der Waals surface area contributed by atoms with E-state index < -0.39 is 5.92 Å². The van der Waals surface area contributed by atoms with Crippen LogP contribution in [0, 0.1) is 11.6 Å². The van der Waals surface area contributed by atoms with Crippen molar-refractivity contribution in [2.45, 2.75) is 18.8 Å². The molecular formula is C22H20F2N2O. The van der Waals surface area contributed by atoms with Crippen LogP contribution in [0.2, 0.25) is 0 Å². The van der Waals surface area contributed by atoms with Gasteiger partial charge in [0.05, 0.1) is 5.92 Å². The van der Waals surface area contributed by atoms with Crippen LogP contribution < -0.4 is 5.32 Å². The lowest BCUT2D eigenvalue weighted by Crippen LogP contribution is -2.32. The summed E-state index contributed by atoms with van der Waals surface area (Å²) in [6.45, 7) is 0.319. The second kappa shape index (κ2) is 9.03. The van der Waals surface area contributed by atoms with Crippen molar-refractivity contribution in [3.05, 3.63) is 101 Å². The highest BCUT2D eigenvalue weighted by Crippen LogP contribution is 2.21. The molecule has 1 N–H and O–H groups in total. The van der Waals surface area contributed by atoms with Crippen LogP contribution in [0.15, 0.2) is 72.9 Å². The topological polar surface area (TPSA) is 42.0 Å². The quantitative estimate of drug-likeness (QED) is 0.686. The molecule has 1 unspecified atom stereocenters. The van der Waals surface area contributed by atoms with Crippen molar-refractivity contribution < 1.29 is 13.6 Å². The monoisotopic (exact) mass is 366 g/mol. The van der Waals surface area contributed by atoms with Gasteiger partial charge < -0.3 is 5.32 Å². The van der Waals surface area contributed by atoms with E-state index in [0.717, 1.165) is 5.69 Å². The molecule has 27 heavy (non-hydrogen) atoms. The van der Waals surface area contributed by atoms with Crippen LogP contribution >= 0.6 is 0 Å². The number of benzene rings is 2. The zero-order chi connectivity index (χ0) is 19.1. The summed E-state index contributed by atoms with van der Waals surface area (Å²) >= 11 is 0. The number of rotatable bonds is 7. The van der Waals surface area contributed by atoms with Gasteiger partial charge in [-0.15, -0.1) is 0 Å². The summed E-state index contributed by atoms with van der Waals surface area (Å²) in [4.78, 5) is 17.1. The molecule has 0 saturated carbocycles. The van der Waals surface area contributed by atoms with E-state index in [9.17, 15) is 13.6 Å². The molecule has 5 heteroatoms. The van der Waals surface area contributed by atoms with Gasteiger partial charge in [-0.05, 0) is 47.9 Å². The van der Waals surface area contributed by atoms with Gasteiger partial charge in [0.15, 0.2) is 0 Å². The predicted octanol–water partition coefficient (Wildman–Crippen LogP) is 4.05. The number of hydrogen-bond acceptors (Lipinski definition) is 2. The first kappa shape index (κ1) is 18.7. The third-order valence-electron chi connectivity index (χ3n) is 4.38. The van der Waals surface area contributed by atoms with E-state index in [1.54, 1.807) is 36.5 Å². The minimum absolute atomic E-state index is 0.191. The van der Waals surface area contributed by atoms with Crippen molar-refractivity contribution in [1.82, 2.24) is 10.3 Å². The van der Waals surface area contributed by atoms with Gasteiger partial charge in [-0.3, -0.25) is 9.78 Å². The summed E-state index contributed by atoms with van der Waals surface area (Å²) in [6, 6.07) is 17.9. The Hall–Kier alpha value is -3.08. The maximum absolute atomic E-state index is 13.7. The Morgan fingerprint density at radius 1 is 0.963 bits per heavy atom. The highest BCUT2D eigenvalue weighted by atomic mass is 19.1. The van der Waals surface area contributed by atoms with Crippen molar-refractivity contribution in [1.29, 1.82) is 0 Å². The summed E-state index contributed by atoms with van der Waals surface area (Å²) < 4.78 is 27.0. The Kier molecular flexibility index (Phi) is 6.26. The van der Waals surface area contributed by atoms with E-state index in [-0.39, 0.29) is 17.5 Å². The maximum atomic E-state index is 13.7. The van der Waals surface area contributed by atoms with Crippen molar-refractivity contribution in [3.63, 3.8) is 0 Å². The molecule has 0 radical (unpaired) electrons. The Bertz CT molecular complexity index is 882. The molecule has 1 aromatic heterocycles. The van der Waals surface area contributed by atoms with E-state index in [1.807, 2.05) is 18.2 Å². The third kappa shape index (κ3) is 5.20. The molecule has 0 bridgehead atoms. The number of halogens is 2. The fraction of sp³-hybridized carbons (Fsp3) is 0.182. The average Bonchev–Trinajstić information content (AvgIpc) is 2.69. The zero-order valence-electron chi connectivity index (χ0n) is 14.7. The minimum Gasteiger partial charge on any atom is -0.355 e. The standard InChI is InChI=1S/C22H20F2N2O/c23-18-10-8-16(9-11-18)20(15-19-6-3-4-13-25-19)22(27)26-14-12-17-5-1-2-7-21(17)24/h1-11,13,20H,12,14-15H2,(H,26,27). The fourth-order valence-corrected chi connectivity index (χ4v) is 2.93. The Labute approximate surface area is 157 Å². The number of carbonyl (C=O) groups excluding carboxylic acids is 1. The van der Waals surface area contributed by atoms with Crippen LogP contribution in [0.3, 0.4) is 0 Å². The van der Waals surface area contributed by atoms with Crippen LogP contribution in [0.25, 0.3) is 0 Å². The first-order chi connectivity index (χ1) is 13.1. The van der Waals surface area contributed by atoms with Crippen LogP contribution in [0.1, 0.15) is 22.7 Å². The molecule has 0 aliphatic carbocycles. The zero-order valence-corrected chi connectivity index (χ0v) is 14.7. The molecular weight excluding hydrogens is 346 g/mol. The maximum Gasteiger partial charge on any atom is 0.227 e. The lowest BCUT2D eigenvalue weighted by molar-refractivity contribution is -0.122. The largest absolute Gasteiger partial charge is 0.355 e. The first-order valence-electron chi connectivity index (χ1n) is 8.80. The number of carbonyl (C=O) groups is 1. The van der Waals surface area contributed by atoms with Crippen molar-refractivity contribution >= 4 is 5.91 Å². The summed E-state index contributed by atoms with van der Waals surface area (Å²) in [5, 5.41) is 2.86. The predicted molar refractivity (Wildman–Crippen MR) is 100 cm³/mol. The Balaban J connectivity index is 1.70. The smallest absolute Gasteiger partial charge is 0.227 e. The molecule has 3 nitrogen and oxygen atoms in total. The molecule has 1 atom stereocenters. The molecule has 1 heterocycles. The van der Waals surface area contributed by atoms with Gasteiger partial charge in [-0.2, -0.15) is 0 Å². The van der Waals surface area contributed by atoms with E-state index in [4.69, 9.17) is 0 Å². The molecule has 0 fully saturated rings. The highest BCUT2D eigenvalue weighted by Gasteiger charge is 2.21. The number of pyridine rings is 1. The molecule has 0 aliphatic rings. The van der Waals surface area contributed by atoms with Crippen molar-refractivity contribution in [2.24, 2.45) is 0 Å². The lowest BCUT2D eigenvalue weighted by Gasteiger charge is -2.17. The SMILES string of the molecule is O=C(NCCc1ccccc1F)C(Cc1ccccn1)c1ccc(F)cc1. The summed E-state index contributed by atoms with van der Waals surface area (Å²) in [6.07, 6.45) is 2.48. The second-order valence-corrected chi connectivity index (χ2v) is 6.26. The molecule has 0 saturated heterocycles. The van der Waals surface area contributed by atoms with Gasteiger partial charge in [-0.25, -0.2) is 8.78 Å². The first-order valence-corrected chi connectivity index (χ1v) is 8.80. The molecule has 1 amide bonds. The third-order valence-corrected chi connectivity index (χ3v) is 4.38. The van der Waals surface area contributed by atoms with Crippen LogP contribution in [0.4, 0.5) is 8.78 Å². The summed E-state index contributed by atoms with van der Waals surface area (Å²) in [7, 11) is 0. The number of nitrogens with zero attached hydrogens (tertiary/aromatic N) is 1. The molecule has 0 aliphatic heterocycles. The number of nitrogens with one attached hydrogen (secondary N) is 1. The number of hydrogen-bond donors (Lipinski definition) is 1. The van der Waals surface area contributed by atoms with E-state index in [1.165, 1.54) is 18.2 Å². The number of aromatic nitrogens is 1. The Morgan fingerprint density at radius 3 is 2.41 bits per heavy atom. The van der Waals surface area contributed by atoms with Gasteiger partial charge >= 0.3 is 0 Å². The van der Waals surface area contributed by atoms with E-state index in [2.05, 4.69) is 10.3 Å². The Morgan fingerprint density at radius 2 is 1.70 bits per heavy atom. The van der Waals surface area contributed by atoms with Crippen molar-refractivity contribution in [3.8, 4) is 0 Å². The molecule has 3 aromatic rings. The summed E-state index contributed by atoms with van der Waals surface area (Å²) in [5.74, 6) is -1.32. The normalized spacial score (nSPS) is 11.8. The molecule has 2 aromatic carbocycles. The van der Waals surface area contributed by atoms with Gasteiger partial charge in [0.1, 0.15) is 11.6 Å².